The van der Waals surface area contributed by atoms with Crippen molar-refractivity contribution in [2.45, 2.75) is 4.90 Å². The number of carbonyl (C=O) groups excluding carboxylic acids is 1. The molecule has 2 heterocycles. The molecule has 0 spiro atoms. The lowest BCUT2D eigenvalue weighted by Gasteiger charge is -2.33. The summed E-state index contributed by atoms with van der Waals surface area (Å²) < 4.78 is 46.0. The minimum Gasteiger partial charge on any atom is -0.451 e. The Morgan fingerprint density at radius 3 is 2.34 bits per heavy atom. The van der Waals surface area contributed by atoms with Crippen LogP contribution in [0.3, 0.4) is 0 Å². The topological polar surface area (TPSA) is 87.9 Å². The number of sulfonamides is 1. The Hall–Kier alpha value is -3.04. The number of para-hydroxylation sites is 1. The molecule has 150 valence electrons. The molecule has 1 amide bonds. The number of nitrogens with zero attached hydrogens (tertiary/aromatic N) is 2. The first-order valence-corrected chi connectivity index (χ1v) is 10.4. The van der Waals surface area contributed by atoms with Gasteiger partial charge in [-0.2, -0.15) is 4.31 Å². The molecule has 0 N–H and O–H groups in total. The molecule has 0 unspecified atom stereocenters. The second-order valence-corrected chi connectivity index (χ2v) is 8.50. The Morgan fingerprint density at radius 1 is 0.966 bits per heavy atom. The average molecular weight is 416 g/mol. The summed E-state index contributed by atoms with van der Waals surface area (Å²) >= 11 is 0. The Morgan fingerprint density at radius 2 is 1.62 bits per heavy atom. The largest absolute Gasteiger partial charge is 0.451 e. The summed E-state index contributed by atoms with van der Waals surface area (Å²) in [4.78, 5) is 26.0. The maximum Gasteiger partial charge on any atom is 0.289 e. The number of hydrogen-bond acceptors (Lipinski definition) is 5. The first-order valence-electron chi connectivity index (χ1n) is 8.95. The molecule has 0 bridgehead atoms. The summed E-state index contributed by atoms with van der Waals surface area (Å²) in [6.45, 7) is 0.229. The lowest BCUT2D eigenvalue weighted by molar-refractivity contribution is 0.0666. The zero-order chi connectivity index (χ0) is 20.6. The zero-order valence-corrected chi connectivity index (χ0v) is 16.1. The van der Waals surface area contributed by atoms with Gasteiger partial charge in [-0.25, -0.2) is 12.8 Å². The predicted molar refractivity (Wildman–Crippen MR) is 104 cm³/mol. The van der Waals surface area contributed by atoms with E-state index in [2.05, 4.69) is 0 Å². The highest BCUT2D eigenvalue weighted by Crippen LogP contribution is 2.21. The van der Waals surface area contributed by atoms with Gasteiger partial charge in [-0.3, -0.25) is 9.59 Å². The van der Waals surface area contributed by atoms with Crippen LogP contribution in [-0.2, 0) is 10.0 Å². The molecule has 0 atom stereocenters. The summed E-state index contributed by atoms with van der Waals surface area (Å²) in [5.74, 6) is -1.40. The van der Waals surface area contributed by atoms with E-state index in [0.717, 1.165) is 16.4 Å². The van der Waals surface area contributed by atoms with Gasteiger partial charge in [-0.05, 0) is 24.3 Å². The number of fused-ring (bicyclic) bond motifs is 1. The number of hydrogen-bond donors (Lipinski definition) is 0. The Kier molecular flexibility index (Phi) is 4.93. The summed E-state index contributed by atoms with van der Waals surface area (Å²) in [7, 11) is -4.00. The number of benzene rings is 2. The third-order valence-electron chi connectivity index (χ3n) is 4.83. The minimum absolute atomic E-state index is 0.0141. The first-order chi connectivity index (χ1) is 13.9. The molecular weight excluding hydrogens is 399 g/mol. The second-order valence-electron chi connectivity index (χ2n) is 6.60. The van der Waals surface area contributed by atoms with E-state index in [1.54, 1.807) is 24.3 Å². The highest BCUT2D eigenvalue weighted by atomic mass is 32.2. The van der Waals surface area contributed by atoms with Crippen LogP contribution in [0.4, 0.5) is 4.39 Å². The van der Waals surface area contributed by atoms with Crippen LogP contribution in [0, 0.1) is 5.82 Å². The van der Waals surface area contributed by atoms with Crippen LogP contribution in [0.5, 0.6) is 0 Å². The van der Waals surface area contributed by atoms with Gasteiger partial charge in [-0.1, -0.05) is 24.3 Å². The van der Waals surface area contributed by atoms with Gasteiger partial charge in [0.15, 0.2) is 11.2 Å². The quantitative estimate of drug-likeness (QED) is 0.652. The van der Waals surface area contributed by atoms with Crippen molar-refractivity contribution in [3.05, 3.63) is 76.4 Å². The summed E-state index contributed by atoms with van der Waals surface area (Å²) in [6, 6.07) is 12.9. The Balaban J connectivity index is 1.52. The maximum absolute atomic E-state index is 13.9. The summed E-state index contributed by atoms with van der Waals surface area (Å²) in [5, 5.41) is 0.379. The van der Waals surface area contributed by atoms with E-state index in [9.17, 15) is 22.4 Å². The van der Waals surface area contributed by atoms with Crippen molar-refractivity contribution in [2.24, 2.45) is 0 Å². The van der Waals surface area contributed by atoms with Gasteiger partial charge in [0.1, 0.15) is 16.3 Å². The monoisotopic (exact) mass is 416 g/mol. The molecule has 9 heteroatoms. The number of piperazine rings is 1. The molecular formula is C20H17FN2O5S. The number of carbonyl (C=O) groups is 1. The molecule has 29 heavy (non-hydrogen) atoms. The Labute approximate surface area is 166 Å². The number of rotatable bonds is 3. The van der Waals surface area contributed by atoms with E-state index in [0.29, 0.717) is 11.0 Å². The SMILES string of the molecule is O=C(c1cc(=O)c2ccccc2o1)N1CCN(S(=O)(=O)c2ccccc2F)CC1. The molecule has 2 aromatic carbocycles. The van der Waals surface area contributed by atoms with Gasteiger partial charge >= 0.3 is 0 Å². The molecule has 3 aromatic rings. The molecule has 1 saturated heterocycles. The third-order valence-corrected chi connectivity index (χ3v) is 6.76. The fourth-order valence-corrected chi connectivity index (χ4v) is 4.78. The van der Waals surface area contributed by atoms with Crippen LogP contribution in [0.1, 0.15) is 10.6 Å². The smallest absolute Gasteiger partial charge is 0.289 e. The van der Waals surface area contributed by atoms with Crippen molar-refractivity contribution in [3.8, 4) is 0 Å². The second kappa shape index (κ2) is 7.41. The van der Waals surface area contributed by atoms with Gasteiger partial charge in [-0.15, -0.1) is 0 Å². The van der Waals surface area contributed by atoms with Crippen LogP contribution in [0.15, 0.2) is 68.7 Å². The van der Waals surface area contributed by atoms with Crippen LogP contribution in [0.2, 0.25) is 0 Å². The van der Waals surface area contributed by atoms with Crippen molar-refractivity contribution in [3.63, 3.8) is 0 Å². The van der Waals surface area contributed by atoms with Crippen molar-refractivity contribution < 1.29 is 22.0 Å². The molecule has 1 aromatic heterocycles. The third kappa shape index (κ3) is 3.54. The average Bonchev–Trinajstić information content (AvgIpc) is 2.73. The molecule has 0 saturated carbocycles. The van der Waals surface area contributed by atoms with Crippen molar-refractivity contribution in [1.82, 2.24) is 9.21 Å². The van der Waals surface area contributed by atoms with Gasteiger partial charge in [0.25, 0.3) is 5.91 Å². The zero-order valence-electron chi connectivity index (χ0n) is 15.2. The van der Waals surface area contributed by atoms with Gasteiger partial charge < -0.3 is 9.32 Å². The van der Waals surface area contributed by atoms with Crippen LogP contribution >= 0.6 is 0 Å². The van der Waals surface area contributed by atoms with Crippen LogP contribution < -0.4 is 5.43 Å². The van der Waals surface area contributed by atoms with Gasteiger partial charge in [0.05, 0.1) is 5.39 Å². The van der Waals surface area contributed by atoms with E-state index >= 15 is 0 Å². The molecule has 4 rings (SSSR count). The van der Waals surface area contributed by atoms with E-state index < -0.39 is 21.7 Å². The lowest BCUT2D eigenvalue weighted by Crippen LogP contribution is -2.50. The number of amides is 1. The van der Waals surface area contributed by atoms with Crippen LogP contribution in [0.25, 0.3) is 11.0 Å². The summed E-state index contributed by atoms with van der Waals surface area (Å²) in [5.41, 5.74) is -0.0138. The molecule has 1 aliphatic rings. The summed E-state index contributed by atoms with van der Waals surface area (Å²) in [6.07, 6.45) is 0. The van der Waals surface area contributed by atoms with E-state index in [4.69, 9.17) is 4.42 Å². The van der Waals surface area contributed by atoms with Crippen molar-refractivity contribution in [1.29, 1.82) is 0 Å². The highest BCUT2D eigenvalue weighted by Gasteiger charge is 2.32. The molecule has 0 aliphatic carbocycles. The van der Waals surface area contributed by atoms with Gasteiger partial charge in [0, 0.05) is 32.2 Å². The minimum atomic E-state index is -4.00. The Bertz CT molecular complexity index is 1250. The predicted octanol–water partition coefficient (Wildman–Crippen LogP) is 2.08. The van der Waals surface area contributed by atoms with Crippen LogP contribution in [-0.4, -0.2) is 49.7 Å². The van der Waals surface area contributed by atoms with E-state index in [1.165, 1.54) is 23.1 Å². The first kappa shape index (κ1) is 19.3. The molecule has 1 aliphatic heterocycles. The maximum atomic E-state index is 13.9. The fourth-order valence-electron chi connectivity index (χ4n) is 3.29. The normalized spacial score (nSPS) is 15.6. The highest BCUT2D eigenvalue weighted by molar-refractivity contribution is 7.89. The molecule has 0 radical (unpaired) electrons. The van der Waals surface area contributed by atoms with E-state index in [-0.39, 0.29) is 42.3 Å². The number of halogens is 1. The van der Waals surface area contributed by atoms with Gasteiger partial charge in [0.2, 0.25) is 10.0 Å². The molecule has 1 fully saturated rings. The standard InChI is InChI=1S/C20H17FN2O5S/c21-15-6-2-4-8-19(15)29(26,27)23-11-9-22(10-12-23)20(25)18-13-16(24)14-5-1-3-7-17(14)28-18/h1-8,13H,9-12H2. The van der Waals surface area contributed by atoms with E-state index in [1.807, 2.05) is 0 Å². The van der Waals surface area contributed by atoms with Crippen molar-refractivity contribution in [2.75, 3.05) is 26.2 Å². The molecule has 7 nitrogen and oxygen atoms in total. The lowest BCUT2D eigenvalue weighted by atomic mass is 10.2. The van der Waals surface area contributed by atoms with Crippen molar-refractivity contribution >= 4 is 26.9 Å². The fraction of sp³-hybridized carbons (Fsp3) is 0.200.